The van der Waals surface area contributed by atoms with E-state index < -0.39 is 11.9 Å². The lowest BCUT2D eigenvalue weighted by Crippen LogP contribution is -2.39. The number of hydrogen-bond acceptors (Lipinski definition) is 3. The van der Waals surface area contributed by atoms with Crippen molar-refractivity contribution in [2.75, 3.05) is 18.6 Å². The van der Waals surface area contributed by atoms with Gasteiger partial charge in [-0.1, -0.05) is 13.8 Å². The van der Waals surface area contributed by atoms with Gasteiger partial charge in [-0.2, -0.15) is 11.8 Å². The van der Waals surface area contributed by atoms with E-state index in [0.29, 0.717) is 6.04 Å². The third-order valence-electron chi connectivity index (χ3n) is 4.16. The summed E-state index contributed by atoms with van der Waals surface area (Å²) >= 11 is 1.86. The molecule has 1 aliphatic heterocycles. The van der Waals surface area contributed by atoms with Crippen molar-refractivity contribution in [3.63, 3.8) is 0 Å². The average molecular weight is 257 g/mol. The largest absolute Gasteiger partial charge is 0.481 e. The van der Waals surface area contributed by atoms with E-state index in [1.54, 1.807) is 4.90 Å². The van der Waals surface area contributed by atoms with E-state index in [9.17, 15) is 9.59 Å². The van der Waals surface area contributed by atoms with Crippen molar-refractivity contribution in [2.45, 2.75) is 26.3 Å². The van der Waals surface area contributed by atoms with E-state index in [1.165, 1.54) is 0 Å². The smallest absolute Gasteiger partial charge is 0.307 e. The number of carbonyl (C=O) groups is 2. The Labute approximate surface area is 106 Å². The SMILES string of the molecule is CN(C(=O)[C@H]1[C@@H](C(=O)O)C1(C)C)C1CCSC1. The molecule has 1 aliphatic carbocycles. The summed E-state index contributed by atoms with van der Waals surface area (Å²) in [5.41, 5.74) is -0.386. The molecule has 96 valence electrons. The monoisotopic (exact) mass is 257 g/mol. The molecular formula is C12H19NO3S. The van der Waals surface area contributed by atoms with Crippen LogP contribution in [-0.4, -0.2) is 46.5 Å². The first-order valence-electron chi connectivity index (χ1n) is 5.94. The van der Waals surface area contributed by atoms with E-state index in [-0.39, 0.29) is 17.2 Å². The van der Waals surface area contributed by atoms with Crippen LogP contribution in [0.2, 0.25) is 0 Å². The highest BCUT2D eigenvalue weighted by molar-refractivity contribution is 7.99. The average Bonchev–Trinajstić information content (AvgIpc) is 2.69. The first-order chi connectivity index (χ1) is 7.87. The third kappa shape index (κ3) is 2.05. The van der Waals surface area contributed by atoms with Gasteiger partial charge in [0.15, 0.2) is 0 Å². The molecule has 2 rings (SSSR count). The second kappa shape index (κ2) is 4.19. The molecule has 1 saturated heterocycles. The number of amides is 1. The molecule has 1 saturated carbocycles. The van der Waals surface area contributed by atoms with Crippen LogP contribution in [-0.2, 0) is 9.59 Å². The van der Waals surface area contributed by atoms with Gasteiger partial charge in [-0.3, -0.25) is 9.59 Å². The zero-order chi connectivity index (χ0) is 12.8. The van der Waals surface area contributed by atoms with E-state index >= 15 is 0 Å². The number of hydrogen-bond donors (Lipinski definition) is 1. The molecular weight excluding hydrogens is 238 g/mol. The topological polar surface area (TPSA) is 57.6 Å². The van der Waals surface area contributed by atoms with Gasteiger partial charge in [-0.05, 0) is 17.6 Å². The minimum atomic E-state index is -0.845. The number of carbonyl (C=O) groups excluding carboxylic acids is 1. The number of nitrogens with zero attached hydrogens (tertiary/aromatic N) is 1. The molecule has 0 radical (unpaired) electrons. The van der Waals surface area contributed by atoms with Crippen LogP contribution >= 0.6 is 11.8 Å². The van der Waals surface area contributed by atoms with Gasteiger partial charge in [-0.15, -0.1) is 0 Å². The normalized spacial score (nSPS) is 34.4. The molecule has 4 nitrogen and oxygen atoms in total. The summed E-state index contributed by atoms with van der Waals surface area (Å²) in [5, 5.41) is 9.08. The molecule has 1 amide bonds. The Morgan fingerprint density at radius 1 is 1.35 bits per heavy atom. The number of carboxylic acids is 1. The van der Waals surface area contributed by atoms with Crippen molar-refractivity contribution >= 4 is 23.6 Å². The van der Waals surface area contributed by atoms with Crippen LogP contribution in [0.15, 0.2) is 0 Å². The molecule has 1 heterocycles. The van der Waals surface area contributed by atoms with E-state index in [2.05, 4.69) is 0 Å². The van der Waals surface area contributed by atoms with Crippen LogP contribution in [0.5, 0.6) is 0 Å². The molecule has 0 aromatic heterocycles. The number of aliphatic carboxylic acids is 1. The Bertz CT molecular complexity index is 350. The van der Waals surface area contributed by atoms with Crippen LogP contribution in [0, 0.1) is 17.3 Å². The Hall–Kier alpha value is -0.710. The maximum atomic E-state index is 12.3. The lowest BCUT2D eigenvalue weighted by atomic mass is 10.1. The Morgan fingerprint density at radius 2 is 2.00 bits per heavy atom. The summed E-state index contributed by atoms with van der Waals surface area (Å²) in [6.07, 6.45) is 1.03. The molecule has 5 heteroatoms. The minimum absolute atomic E-state index is 0.00917. The first kappa shape index (κ1) is 12.7. The second-order valence-electron chi connectivity index (χ2n) is 5.58. The molecule has 0 aromatic rings. The lowest BCUT2D eigenvalue weighted by Gasteiger charge is -2.24. The summed E-state index contributed by atoms with van der Waals surface area (Å²) in [4.78, 5) is 25.1. The molecule has 0 aromatic carbocycles. The Balaban J connectivity index is 2.03. The predicted octanol–water partition coefficient (Wildman–Crippen LogP) is 1.31. The summed E-state index contributed by atoms with van der Waals surface area (Å²) in [6, 6.07) is 0.290. The predicted molar refractivity (Wildman–Crippen MR) is 66.9 cm³/mol. The van der Waals surface area contributed by atoms with Gasteiger partial charge in [0.1, 0.15) is 0 Å². The van der Waals surface area contributed by atoms with Crippen molar-refractivity contribution in [1.82, 2.24) is 4.90 Å². The highest BCUT2D eigenvalue weighted by Crippen LogP contribution is 2.59. The lowest BCUT2D eigenvalue weighted by molar-refractivity contribution is -0.142. The van der Waals surface area contributed by atoms with Gasteiger partial charge in [-0.25, -0.2) is 0 Å². The fraction of sp³-hybridized carbons (Fsp3) is 0.833. The maximum absolute atomic E-state index is 12.3. The molecule has 1 N–H and O–H groups in total. The van der Waals surface area contributed by atoms with Crippen LogP contribution < -0.4 is 0 Å². The van der Waals surface area contributed by atoms with Crippen molar-refractivity contribution in [1.29, 1.82) is 0 Å². The van der Waals surface area contributed by atoms with Crippen LogP contribution in [0.25, 0.3) is 0 Å². The van der Waals surface area contributed by atoms with Gasteiger partial charge in [0.05, 0.1) is 11.8 Å². The quantitative estimate of drug-likeness (QED) is 0.828. The fourth-order valence-electron chi connectivity index (χ4n) is 2.79. The van der Waals surface area contributed by atoms with Crippen molar-refractivity contribution in [2.24, 2.45) is 17.3 Å². The zero-order valence-corrected chi connectivity index (χ0v) is 11.3. The summed E-state index contributed by atoms with van der Waals surface area (Å²) < 4.78 is 0. The molecule has 0 spiro atoms. The van der Waals surface area contributed by atoms with Crippen molar-refractivity contribution < 1.29 is 14.7 Å². The van der Waals surface area contributed by atoms with Gasteiger partial charge >= 0.3 is 5.97 Å². The minimum Gasteiger partial charge on any atom is -0.481 e. The second-order valence-corrected chi connectivity index (χ2v) is 6.73. The Morgan fingerprint density at radius 3 is 2.41 bits per heavy atom. The molecule has 17 heavy (non-hydrogen) atoms. The van der Waals surface area contributed by atoms with Crippen molar-refractivity contribution in [3.8, 4) is 0 Å². The van der Waals surface area contributed by atoms with Gasteiger partial charge < -0.3 is 10.0 Å². The van der Waals surface area contributed by atoms with E-state index in [0.717, 1.165) is 17.9 Å². The highest BCUT2D eigenvalue weighted by atomic mass is 32.2. The van der Waals surface area contributed by atoms with Crippen molar-refractivity contribution in [3.05, 3.63) is 0 Å². The van der Waals surface area contributed by atoms with Gasteiger partial charge in [0.25, 0.3) is 0 Å². The fourth-order valence-corrected chi connectivity index (χ4v) is 4.05. The summed E-state index contributed by atoms with van der Waals surface area (Å²) in [7, 11) is 1.81. The number of rotatable bonds is 3. The molecule has 0 bridgehead atoms. The van der Waals surface area contributed by atoms with Gasteiger partial charge in [0.2, 0.25) is 5.91 Å². The maximum Gasteiger partial charge on any atom is 0.307 e. The molecule has 2 fully saturated rings. The standard InChI is InChI=1S/C12H19NO3S/c1-12(2)8(9(12)11(15)16)10(14)13(3)7-4-5-17-6-7/h7-9H,4-6H2,1-3H3,(H,15,16)/t7?,8-,9+/m1/s1. The molecule has 2 aliphatic rings. The summed E-state index contributed by atoms with van der Waals surface area (Å²) in [6.45, 7) is 3.73. The van der Waals surface area contributed by atoms with E-state index in [1.807, 2.05) is 32.7 Å². The Kier molecular flexibility index (Phi) is 3.14. The van der Waals surface area contributed by atoms with Crippen LogP contribution in [0.3, 0.4) is 0 Å². The first-order valence-corrected chi connectivity index (χ1v) is 7.10. The summed E-state index contributed by atoms with van der Waals surface area (Å²) in [5.74, 6) is 0.394. The molecule has 3 atom stereocenters. The van der Waals surface area contributed by atoms with E-state index in [4.69, 9.17) is 5.11 Å². The molecule has 1 unspecified atom stereocenters. The number of thioether (sulfide) groups is 1. The highest BCUT2D eigenvalue weighted by Gasteiger charge is 2.66. The zero-order valence-electron chi connectivity index (χ0n) is 10.5. The van der Waals surface area contributed by atoms with Gasteiger partial charge in [0, 0.05) is 18.8 Å². The number of carboxylic acid groups (broad SMARTS) is 1. The van der Waals surface area contributed by atoms with Crippen LogP contribution in [0.1, 0.15) is 20.3 Å². The van der Waals surface area contributed by atoms with Crippen LogP contribution in [0.4, 0.5) is 0 Å². The third-order valence-corrected chi connectivity index (χ3v) is 5.31.